The number of carboxylic acids is 1. The third-order valence-corrected chi connectivity index (χ3v) is 3.31. The number of rotatable bonds is 4. The molecule has 0 aliphatic heterocycles. The van der Waals surface area contributed by atoms with Gasteiger partial charge < -0.3 is 10.4 Å². The average molecular weight is 273 g/mol. The molecule has 5 heteroatoms. The van der Waals surface area contributed by atoms with Crippen LogP contribution in [0, 0.1) is 5.41 Å². The minimum absolute atomic E-state index is 0.0361. The van der Waals surface area contributed by atoms with Gasteiger partial charge in [0.15, 0.2) is 5.82 Å². The highest BCUT2D eigenvalue weighted by Crippen LogP contribution is 2.27. The molecule has 0 aliphatic carbocycles. The number of nitrogens with zero attached hydrogens (tertiary/aromatic N) is 2. The van der Waals surface area contributed by atoms with Gasteiger partial charge in [0.1, 0.15) is 0 Å². The maximum atomic E-state index is 11.0. The lowest BCUT2D eigenvalue weighted by atomic mass is 9.84. The standard InChI is InChI=1S/C15H19N3O2/c1-15(2,3)12(8-13(19)20)17-14-11-7-5-4-6-10(11)9-16-18-14/h4-7,9,12H,8H2,1-3H3,(H,17,18)(H,19,20). The van der Waals surface area contributed by atoms with E-state index in [1.54, 1.807) is 6.20 Å². The van der Waals surface area contributed by atoms with Crippen molar-refractivity contribution >= 4 is 22.6 Å². The Kier molecular flexibility index (Phi) is 3.88. The van der Waals surface area contributed by atoms with Crippen molar-refractivity contribution in [3.63, 3.8) is 0 Å². The van der Waals surface area contributed by atoms with E-state index in [1.165, 1.54) is 0 Å². The maximum Gasteiger partial charge on any atom is 0.305 e. The smallest absolute Gasteiger partial charge is 0.305 e. The van der Waals surface area contributed by atoms with Crippen LogP contribution in [0.3, 0.4) is 0 Å². The third-order valence-electron chi connectivity index (χ3n) is 3.31. The molecule has 2 N–H and O–H groups in total. The summed E-state index contributed by atoms with van der Waals surface area (Å²) in [4.78, 5) is 11.0. The predicted molar refractivity (Wildman–Crippen MR) is 78.7 cm³/mol. The van der Waals surface area contributed by atoms with Gasteiger partial charge >= 0.3 is 5.97 Å². The second kappa shape index (κ2) is 5.45. The molecule has 5 nitrogen and oxygen atoms in total. The highest BCUT2D eigenvalue weighted by Gasteiger charge is 2.27. The molecule has 0 spiro atoms. The molecule has 106 valence electrons. The van der Waals surface area contributed by atoms with Crippen molar-refractivity contribution in [2.24, 2.45) is 5.41 Å². The largest absolute Gasteiger partial charge is 0.481 e. The first kappa shape index (κ1) is 14.2. The fourth-order valence-corrected chi connectivity index (χ4v) is 2.05. The summed E-state index contributed by atoms with van der Waals surface area (Å²) in [6.07, 6.45) is 1.73. The fourth-order valence-electron chi connectivity index (χ4n) is 2.05. The topological polar surface area (TPSA) is 75.1 Å². The first-order chi connectivity index (χ1) is 9.38. The van der Waals surface area contributed by atoms with Crippen LogP contribution in [0.4, 0.5) is 5.82 Å². The molecule has 1 atom stereocenters. The lowest BCUT2D eigenvalue weighted by Crippen LogP contribution is -2.36. The highest BCUT2D eigenvalue weighted by molar-refractivity contribution is 5.91. The minimum atomic E-state index is -0.828. The van der Waals surface area contributed by atoms with E-state index in [2.05, 4.69) is 15.5 Å². The van der Waals surface area contributed by atoms with E-state index in [0.717, 1.165) is 10.8 Å². The summed E-state index contributed by atoms with van der Waals surface area (Å²) in [6.45, 7) is 6.02. The molecule has 0 radical (unpaired) electrons. The lowest BCUT2D eigenvalue weighted by molar-refractivity contribution is -0.137. The number of hydrogen-bond donors (Lipinski definition) is 2. The van der Waals surface area contributed by atoms with E-state index in [0.29, 0.717) is 5.82 Å². The molecule has 1 aromatic heterocycles. The Labute approximate surface area is 118 Å². The number of benzene rings is 1. The first-order valence-corrected chi connectivity index (χ1v) is 6.56. The molecule has 0 amide bonds. The number of fused-ring (bicyclic) bond motifs is 1. The summed E-state index contributed by atoms with van der Waals surface area (Å²) in [6, 6.07) is 7.55. The Balaban J connectivity index is 2.36. The first-order valence-electron chi connectivity index (χ1n) is 6.56. The molecular weight excluding hydrogens is 254 g/mol. The van der Waals surface area contributed by atoms with Crippen LogP contribution in [0.15, 0.2) is 30.5 Å². The lowest BCUT2D eigenvalue weighted by Gasteiger charge is -2.30. The summed E-state index contributed by atoms with van der Waals surface area (Å²) in [5.41, 5.74) is -0.197. The summed E-state index contributed by atoms with van der Waals surface area (Å²) in [7, 11) is 0. The van der Waals surface area contributed by atoms with Gasteiger partial charge in [-0.25, -0.2) is 0 Å². The molecule has 1 aromatic carbocycles. The van der Waals surface area contributed by atoms with Crippen molar-refractivity contribution in [1.82, 2.24) is 10.2 Å². The van der Waals surface area contributed by atoms with Crippen LogP contribution in [0.25, 0.3) is 10.8 Å². The van der Waals surface area contributed by atoms with Crippen molar-refractivity contribution in [2.45, 2.75) is 33.2 Å². The normalized spacial score (nSPS) is 13.2. The minimum Gasteiger partial charge on any atom is -0.481 e. The average Bonchev–Trinajstić information content (AvgIpc) is 2.37. The Bertz CT molecular complexity index is 615. The van der Waals surface area contributed by atoms with Crippen LogP contribution >= 0.6 is 0 Å². The maximum absolute atomic E-state index is 11.0. The predicted octanol–water partition coefficient (Wildman–Crippen LogP) is 2.93. The Morgan fingerprint density at radius 1 is 1.35 bits per heavy atom. The van der Waals surface area contributed by atoms with Crippen molar-refractivity contribution < 1.29 is 9.90 Å². The SMILES string of the molecule is CC(C)(C)C(CC(=O)O)Nc1nncc2ccccc12. The van der Waals surface area contributed by atoms with Crippen molar-refractivity contribution in [3.8, 4) is 0 Å². The van der Waals surface area contributed by atoms with Gasteiger partial charge in [-0.3, -0.25) is 4.79 Å². The van der Waals surface area contributed by atoms with Crippen LogP contribution in [-0.4, -0.2) is 27.3 Å². The zero-order chi connectivity index (χ0) is 14.8. The molecule has 0 saturated heterocycles. The van der Waals surface area contributed by atoms with Crippen molar-refractivity contribution in [1.29, 1.82) is 0 Å². The van der Waals surface area contributed by atoms with Gasteiger partial charge in [-0.15, -0.1) is 5.10 Å². The Morgan fingerprint density at radius 2 is 2.05 bits per heavy atom. The second-order valence-electron chi connectivity index (χ2n) is 5.94. The number of hydrogen-bond acceptors (Lipinski definition) is 4. The zero-order valence-electron chi connectivity index (χ0n) is 11.9. The van der Waals surface area contributed by atoms with Gasteiger partial charge in [0.05, 0.1) is 12.6 Å². The van der Waals surface area contributed by atoms with Crippen molar-refractivity contribution in [3.05, 3.63) is 30.5 Å². The van der Waals surface area contributed by atoms with Crippen LogP contribution < -0.4 is 5.32 Å². The molecule has 20 heavy (non-hydrogen) atoms. The van der Waals surface area contributed by atoms with Crippen LogP contribution in [0.1, 0.15) is 27.2 Å². The summed E-state index contributed by atoms with van der Waals surface area (Å²) < 4.78 is 0. The van der Waals surface area contributed by atoms with Gasteiger partial charge in [-0.2, -0.15) is 5.10 Å². The molecule has 0 fully saturated rings. The third kappa shape index (κ3) is 3.23. The van der Waals surface area contributed by atoms with Gasteiger partial charge in [0.25, 0.3) is 0 Å². The molecule has 1 heterocycles. The number of anilines is 1. The van der Waals surface area contributed by atoms with Crippen LogP contribution in [0.5, 0.6) is 0 Å². The van der Waals surface area contributed by atoms with Gasteiger partial charge in [0, 0.05) is 16.8 Å². The van der Waals surface area contributed by atoms with Crippen LogP contribution in [0.2, 0.25) is 0 Å². The monoisotopic (exact) mass is 273 g/mol. The molecule has 1 unspecified atom stereocenters. The van der Waals surface area contributed by atoms with E-state index in [-0.39, 0.29) is 17.9 Å². The second-order valence-corrected chi connectivity index (χ2v) is 5.94. The quantitative estimate of drug-likeness (QED) is 0.895. The molecule has 2 rings (SSSR count). The Hall–Kier alpha value is -2.17. The number of aromatic nitrogens is 2. The van der Waals surface area contributed by atoms with E-state index < -0.39 is 5.97 Å². The fraction of sp³-hybridized carbons (Fsp3) is 0.400. The van der Waals surface area contributed by atoms with Gasteiger partial charge in [0.2, 0.25) is 0 Å². The van der Waals surface area contributed by atoms with E-state index in [4.69, 9.17) is 5.11 Å². The number of nitrogens with one attached hydrogen (secondary N) is 1. The Morgan fingerprint density at radius 3 is 2.70 bits per heavy atom. The zero-order valence-corrected chi connectivity index (χ0v) is 11.9. The van der Waals surface area contributed by atoms with E-state index in [1.807, 2.05) is 45.0 Å². The summed E-state index contributed by atoms with van der Waals surface area (Å²) in [5.74, 6) is -0.199. The van der Waals surface area contributed by atoms with Crippen LogP contribution in [-0.2, 0) is 4.79 Å². The summed E-state index contributed by atoms with van der Waals surface area (Å²) >= 11 is 0. The molecular formula is C15H19N3O2. The van der Waals surface area contributed by atoms with E-state index >= 15 is 0 Å². The number of aliphatic carboxylic acids is 1. The molecule has 0 aliphatic rings. The molecule has 0 bridgehead atoms. The molecule has 0 saturated carbocycles. The van der Waals surface area contributed by atoms with Gasteiger partial charge in [-0.05, 0) is 5.41 Å². The van der Waals surface area contributed by atoms with Gasteiger partial charge in [-0.1, -0.05) is 45.0 Å². The molecule has 2 aromatic rings. The number of carboxylic acid groups (broad SMARTS) is 1. The van der Waals surface area contributed by atoms with E-state index in [9.17, 15) is 4.79 Å². The van der Waals surface area contributed by atoms with Crippen molar-refractivity contribution in [2.75, 3.05) is 5.32 Å². The highest BCUT2D eigenvalue weighted by atomic mass is 16.4. The summed E-state index contributed by atoms with van der Waals surface area (Å²) in [5, 5.41) is 22.3. The number of carbonyl (C=O) groups is 1.